The van der Waals surface area contributed by atoms with Gasteiger partial charge in [0.25, 0.3) is 5.56 Å². The lowest BCUT2D eigenvalue weighted by molar-refractivity contribution is -0.117. The molecule has 0 saturated heterocycles. The van der Waals surface area contributed by atoms with E-state index in [1.165, 1.54) is 28.5 Å². The zero-order chi connectivity index (χ0) is 24.9. The van der Waals surface area contributed by atoms with E-state index in [1.807, 2.05) is 31.2 Å². The summed E-state index contributed by atoms with van der Waals surface area (Å²) in [6, 6.07) is 20.1. The normalized spacial score (nSPS) is 10.8. The molecule has 1 aromatic heterocycles. The van der Waals surface area contributed by atoms with Crippen molar-refractivity contribution in [1.29, 1.82) is 0 Å². The number of amides is 2. The van der Waals surface area contributed by atoms with E-state index in [0.29, 0.717) is 22.3 Å². The minimum Gasteiger partial charge on any atom is -0.324 e. The molecule has 7 nitrogen and oxygen atoms in total. The van der Waals surface area contributed by atoms with Crippen LogP contribution in [0.25, 0.3) is 11.0 Å². The third-order valence-electron chi connectivity index (χ3n) is 5.70. The molecule has 178 valence electrons. The fourth-order valence-corrected chi connectivity index (χ4v) is 3.90. The Labute approximate surface area is 201 Å². The van der Waals surface area contributed by atoms with E-state index in [-0.39, 0.29) is 24.8 Å². The molecule has 8 heteroatoms. The summed E-state index contributed by atoms with van der Waals surface area (Å²) >= 11 is 0. The molecule has 35 heavy (non-hydrogen) atoms. The number of halogens is 1. The van der Waals surface area contributed by atoms with E-state index in [1.54, 1.807) is 36.4 Å². The van der Waals surface area contributed by atoms with Crippen LogP contribution in [0.3, 0.4) is 0 Å². The summed E-state index contributed by atoms with van der Waals surface area (Å²) in [5.41, 5.74) is 2.68. The Morgan fingerprint density at radius 1 is 1.00 bits per heavy atom. The second kappa shape index (κ2) is 10.3. The molecule has 3 aromatic carbocycles. The summed E-state index contributed by atoms with van der Waals surface area (Å²) in [5.74, 6) is -1.27. The molecule has 2 amide bonds. The van der Waals surface area contributed by atoms with E-state index >= 15 is 0 Å². The Bertz CT molecular complexity index is 1450. The second-order valence-corrected chi connectivity index (χ2v) is 8.11. The summed E-state index contributed by atoms with van der Waals surface area (Å²) in [5, 5.41) is 2.88. The van der Waals surface area contributed by atoms with Crippen molar-refractivity contribution in [2.24, 2.45) is 0 Å². The third-order valence-corrected chi connectivity index (χ3v) is 5.70. The van der Waals surface area contributed by atoms with Crippen molar-refractivity contribution in [1.82, 2.24) is 9.55 Å². The Morgan fingerprint density at radius 3 is 2.40 bits per heavy atom. The van der Waals surface area contributed by atoms with Gasteiger partial charge in [-0.1, -0.05) is 49.4 Å². The molecule has 0 saturated carbocycles. The molecule has 0 atom stereocenters. The Morgan fingerprint density at radius 2 is 1.69 bits per heavy atom. The third kappa shape index (κ3) is 5.27. The molecule has 4 rings (SSSR count). The number of hydrogen-bond acceptors (Lipinski definition) is 4. The van der Waals surface area contributed by atoms with Gasteiger partial charge in [0.05, 0.1) is 17.6 Å². The minimum absolute atomic E-state index is 0.0340. The number of nitrogens with zero attached hydrogens (tertiary/aromatic N) is 3. The lowest BCUT2D eigenvalue weighted by Crippen LogP contribution is -2.38. The molecular weight excluding hydrogens is 447 g/mol. The van der Waals surface area contributed by atoms with Crippen LogP contribution in [-0.4, -0.2) is 21.4 Å². The molecule has 0 fully saturated rings. The van der Waals surface area contributed by atoms with Gasteiger partial charge in [-0.05, 0) is 47.9 Å². The van der Waals surface area contributed by atoms with Crippen molar-refractivity contribution in [3.63, 3.8) is 0 Å². The van der Waals surface area contributed by atoms with Gasteiger partial charge in [-0.2, -0.15) is 0 Å². The van der Waals surface area contributed by atoms with Crippen LogP contribution >= 0.6 is 0 Å². The molecular formula is C27H25FN4O3. The Kier molecular flexibility index (Phi) is 7.01. The first-order valence-electron chi connectivity index (χ1n) is 11.3. The largest absolute Gasteiger partial charge is 0.324 e. The first-order valence-corrected chi connectivity index (χ1v) is 11.3. The van der Waals surface area contributed by atoms with Crippen LogP contribution in [0.1, 0.15) is 25.0 Å². The number of fused-ring (bicyclic) bond motifs is 1. The van der Waals surface area contributed by atoms with E-state index < -0.39 is 17.3 Å². The standard InChI is InChI=1S/C27H25FN4O3/c1-3-20-8-4-5-9-22(20)29-25(34)17-32-24-11-7-6-10-23(24)30-26(27(32)35)31(18(2)33)16-19-12-14-21(28)15-13-19/h4-15H,3,16-17H2,1-2H3,(H,29,34). The molecule has 0 radical (unpaired) electrons. The number of hydrogen-bond donors (Lipinski definition) is 1. The van der Waals surface area contributed by atoms with Crippen molar-refractivity contribution in [3.05, 3.63) is 100 Å². The molecule has 1 N–H and O–H groups in total. The van der Waals surface area contributed by atoms with E-state index in [0.717, 1.165) is 12.0 Å². The van der Waals surface area contributed by atoms with E-state index in [2.05, 4.69) is 10.3 Å². The summed E-state index contributed by atoms with van der Waals surface area (Å²) in [4.78, 5) is 44.8. The summed E-state index contributed by atoms with van der Waals surface area (Å²) in [6.45, 7) is 3.11. The fraction of sp³-hybridized carbons (Fsp3) is 0.185. The van der Waals surface area contributed by atoms with Crippen LogP contribution in [0.2, 0.25) is 0 Å². The van der Waals surface area contributed by atoms with Gasteiger partial charge in [0.1, 0.15) is 12.4 Å². The molecule has 0 unspecified atom stereocenters. The van der Waals surface area contributed by atoms with Gasteiger partial charge in [0, 0.05) is 12.6 Å². The van der Waals surface area contributed by atoms with Crippen molar-refractivity contribution in [3.8, 4) is 0 Å². The average molecular weight is 473 g/mol. The molecule has 1 heterocycles. The van der Waals surface area contributed by atoms with Crippen LogP contribution in [0.15, 0.2) is 77.6 Å². The molecule has 0 aliphatic heterocycles. The lowest BCUT2D eigenvalue weighted by atomic mass is 10.1. The molecule has 4 aromatic rings. The maximum atomic E-state index is 13.6. The van der Waals surface area contributed by atoms with Crippen molar-refractivity contribution >= 4 is 34.4 Å². The number of aromatic nitrogens is 2. The maximum absolute atomic E-state index is 13.6. The fourth-order valence-electron chi connectivity index (χ4n) is 3.90. The lowest BCUT2D eigenvalue weighted by Gasteiger charge is -2.21. The number of aryl methyl sites for hydroxylation is 1. The van der Waals surface area contributed by atoms with Crippen LogP contribution < -0.4 is 15.8 Å². The van der Waals surface area contributed by atoms with Crippen LogP contribution in [-0.2, 0) is 29.1 Å². The number of nitrogens with one attached hydrogen (secondary N) is 1. The van der Waals surface area contributed by atoms with Crippen LogP contribution in [0.5, 0.6) is 0 Å². The Balaban J connectivity index is 1.74. The number of anilines is 2. The number of benzene rings is 3. The monoisotopic (exact) mass is 472 g/mol. The van der Waals surface area contributed by atoms with Gasteiger partial charge in [0.2, 0.25) is 17.6 Å². The highest BCUT2D eigenvalue weighted by atomic mass is 19.1. The molecule has 0 bridgehead atoms. The summed E-state index contributed by atoms with van der Waals surface area (Å²) < 4.78 is 14.7. The predicted octanol–water partition coefficient (Wildman–Crippen LogP) is 4.29. The van der Waals surface area contributed by atoms with Crippen LogP contribution in [0.4, 0.5) is 15.9 Å². The number of carbonyl (C=O) groups excluding carboxylic acids is 2. The van der Waals surface area contributed by atoms with Gasteiger partial charge in [-0.15, -0.1) is 0 Å². The van der Waals surface area contributed by atoms with Gasteiger partial charge >= 0.3 is 0 Å². The smallest absolute Gasteiger partial charge is 0.294 e. The second-order valence-electron chi connectivity index (χ2n) is 8.11. The highest BCUT2D eigenvalue weighted by Crippen LogP contribution is 2.19. The highest BCUT2D eigenvalue weighted by Gasteiger charge is 2.22. The topological polar surface area (TPSA) is 84.3 Å². The summed E-state index contributed by atoms with van der Waals surface area (Å²) in [7, 11) is 0. The van der Waals surface area contributed by atoms with Crippen molar-refractivity contribution in [2.75, 3.05) is 10.2 Å². The van der Waals surface area contributed by atoms with Crippen molar-refractivity contribution in [2.45, 2.75) is 33.4 Å². The van der Waals surface area contributed by atoms with Crippen LogP contribution in [0, 0.1) is 5.82 Å². The van der Waals surface area contributed by atoms with Gasteiger partial charge in [-0.25, -0.2) is 9.37 Å². The quantitative estimate of drug-likeness (QED) is 0.435. The predicted molar refractivity (Wildman–Crippen MR) is 134 cm³/mol. The highest BCUT2D eigenvalue weighted by molar-refractivity contribution is 5.93. The molecule has 0 aliphatic rings. The van der Waals surface area contributed by atoms with E-state index in [4.69, 9.17) is 0 Å². The number of rotatable bonds is 7. The molecule has 0 spiro atoms. The zero-order valence-electron chi connectivity index (χ0n) is 19.5. The first-order chi connectivity index (χ1) is 16.9. The average Bonchev–Trinajstić information content (AvgIpc) is 2.85. The number of carbonyl (C=O) groups is 2. The maximum Gasteiger partial charge on any atom is 0.294 e. The first kappa shape index (κ1) is 23.8. The molecule has 0 aliphatic carbocycles. The van der Waals surface area contributed by atoms with Gasteiger partial charge in [-0.3, -0.25) is 23.9 Å². The van der Waals surface area contributed by atoms with Crippen molar-refractivity contribution < 1.29 is 14.0 Å². The van der Waals surface area contributed by atoms with Gasteiger partial charge in [0.15, 0.2) is 0 Å². The summed E-state index contributed by atoms with van der Waals surface area (Å²) in [6.07, 6.45) is 0.746. The minimum atomic E-state index is -0.570. The zero-order valence-corrected chi connectivity index (χ0v) is 19.5. The van der Waals surface area contributed by atoms with Gasteiger partial charge < -0.3 is 5.32 Å². The van der Waals surface area contributed by atoms with E-state index in [9.17, 15) is 18.8 Å². The Hall–Kier alpha value is -4.33. The SMILES string of the molecule is CCc1ccccc1NC(=O)Cn1c(=O)c(N(Cc2ccc(F)cc2)C(C)=O)nc2ccccc21. The number of para-hydroxylation sites is 3.